The van der Waals surface area contributed by atoms with E-state index in [1.54, 1.807) is 9.80 Å². The van der Waals surface area contributed by atoms with Gasteiger partial charge in [-0.15, -0.1) is 0 Å². The highest BCUT2D eigenvalue weighted by Crippen LogP contribution is 2.20. The van der Waals surface area contributed by atoms with Crippen LogP contribution < -0.4 is 10.6 Å². The Labute approximate surface area is 186 Å². The maximum Gasteiger partial charge on any atom is 0.410 e. The summed E-state index contributed by atoms with van der Waals surface area (Å²) in [4.78, 5) is 32.4. The molecule has 2 amide bonds. The topological polar surface area (TPSA) is 95.5 Å². The van der Waals surface area contributed by atoms with Crippen LogP contribution in [0.1, 0.15) is 60.3 Å². The molecule has 2 saturated heterocycles. The van der Waals surface area contributed by atoms with Crippen LogP contribution in [0.2, 0.25) is 0 Å². The van der Waals surface area contributed by atoms with E-state index in [4.69, 9.17) is 14.5 Å². The summed E-state index contributed by atoms with van der Waals surface area (Å²) in [6.45, 7) is 14.3. The number of likely N-dealkylation sites (tertiary alicyclic amines) is 2. The number of ether oxygens (including phenoxy) is 2. The van der Waals surface area contributed by atoms with Gasteiger partial charge in [-0.25, -0.2) is 9.59 Å². The van der Waals surface area contributed by atoms with Gasteiger partial charge in [-0.3, -0.25) is 4.99 Å². The molecule has 0 aliphatic carbocycles. The second-order valence-electron chi connectivity index (χ2n) is 9.23. The van der Waals surface area contributed by atoms with Crippen molar-refractivity contribution < 1.29 is 19.1 Å². The fourth-order valence-electron chi connectivity index (χ4n) is 3.78. The first-order valence-corrected chi connectivity index (χ1v) is 11.7. The van der Waals surface area contributed by atoms with Crippen molar-refractivity contribution in [2.75, 3.05) is 45.9 Å². The van der Waals surface area contributed by atoms with Gasteiger partial charge in [-0.1, -0.05) is 0 Å². The lowest BCUT2D eigenvalue weighted by Crippen LogP contribution is -2.50. The Balaban J connectivity index is 1.77. The molecule has 2 aliphatic heterocycles. The highest BCUT2D eigenvalue weighted by atomic mass is 16.6. The van der Waals surface area contributed by atoms with Crippen LogP contribution in [0.15, 0.2) is 4.99 Å². The van der Waals surface area contributed by atoms with E-state index in [-0.39, 0.29) is 18.2 Å². The summed E-state index contributed by atoms with van der Waals surface area (Å²) in [5, 5.41) is 6.84. The Morgan fingerprint density at radius 3 is 2.10 bits per heavy atom. The molecule has 0 unspecified atom stereocenters. The summed E-state index contributed by atoms with van der Waals surface area (Å²) in [6.07, 6.45) is 3.16. The highest BCUT2D eigenvalue weighted by molar-refractivity contribution is 5.80. The molecule has 0 radical (unpaired) electrons. The van der Waals surface area contributed by atoms with Gasteiger partial charge in [-0.05, 0) is 66.2 Å². The fraction of sp³-hybridized carbons (Fsp3) is 0.864. The van der Waals surface area contributed by atoms with Gasteiger partial charge in [0.25, 0.3) is 0 Å². The molecule has 178 valence electrons. The number of nitrogens with zero attached hydrogens (tertiary/aromatic N) is 3. The fourth-order valence-corrected chi connectivity index (χ4v) is 3.78. The predicted octanol–water partition coefficient (Wildman–Crippen LogP) is 2.81. The third-order valence-corrected chi connectivity index (χ3v) is 5.48. The number of carbonyl (C=O) groups excluding carboxylic acids is 2. The van der Waals surface area contributed by atoms with Crippen molar-refractivity contribution in [2.24, 2.45) is 10.9 Å². The van der Waals surface area contributed by atoms with Gasteiger partial charge >= 0.3 is 12.2 Å². The van der Waals surface area contributed by atoms with Crippen LogP contribution in [0.5, 0.6) is 0 Å². The van der Waals surface area contributed by atoms with E-state index in [0.29, 0.717) is 38.7 Å². The number of carbonyl (C=O) groups is 2. The zero-order chi connectivity index (χ0) is 22.9. The minimum Gasteiger partial charge on any atom is -0.450 e. The van der Waals surface area contributed by atoms with Crippen LogP contribution in [0.25, 0.3) is 0 Å². The molecule has 2 fully saturated rings. The van der Waals surface area contributed by atoms with E-state index < -0.39 is 5.60 Å². The van der Waals surface area contributed by atoms with Crippen LogP contribution in [0.4, 0.5) is 9.59 Å². The molecule has 2 N–H and O–H groups in total. The van der Waals surface area contributed by atoms with Gasteiger partial charge in [0.2, 0.25) is 0 Å². The number of rotatable bonds is 5. The van der Waals surface area contributed by atoms with Crippen LogP contribution in [0.3, 0.4) is 0 Å². The van der Waals surface area contributed by atoms with Crippen molar-refractivity contribution in [3.63, 3.8) is 0 Å². The molecular formula is C22H41N5O4. The van der Waals surface area contributed by atoms with Crippen molar-refractivity contribution in [3.8, 4) is 0 Å². The van der Waals surface area contributed by atoms with Crippen molar-refractivity contribution in [1.82, 2.24) is 20.4 Å². The monoisotopic (exact) mass is 439 g/mol. The third kappa shape index (κ3) is 8.83. The van der Waals surface area contributed by atoms with Crippen molar-refractivity contribution in [2.45, 2.75) is 71.9 Å². The first-order chi connectivity index (χ1) is 14.7. The molecule has 2 heterocycles. The first-order valence-electron chi connectivity index (χ1n) is 11.7. The van der Waals surface area contributed by atoms with Gasteiger partial charge in [0.1, 0.15) is 5.60 Å². The summed E-state index contributed by atoms with van der Waals surface area (Å²) < 4.78 is 10.6. The number of hydrogen-bond donors (Lipinski definition) is 2. The Bertz CT molecular complexity index is 604. The molecule has 0 aromatic heterocycles. The number of guanidine groups is 1. The first kappa shape index (κ1) is 25.1. The molecule has 0 spiro atoms. The number of piperidine rings is 2. The Morgan fingerprint density at radius 1 is 0.968 bits per heavy atom. The standard InChI is InChI=1S/C22H41N5O4/c1-6-23-19(25-18-10-14-26(15-11-18)20(28)30-7-2)24-16-17-8-12-27(13-9-17)21(29)31-22(3,4)5/h17-18H,6-16H2,1-5H3,(H2,23,24,25). The normalized spacial score (nSPS) is 19.2. The second kappa shape index (κ2) is 12.0. The molecule has 0 aromatic rings. The minimum absolute atomic E-state index is 0.223. The summed E-state index contributed by atoms with van der Waals surface area (Å²) in [6, 6.07) is 0.289. The summed E-state index contributed by atoms with van der Waals surface area (Å²) >= 11 is 0. The molecule has 0 saturated carbocycles. The maximum atomic E-state index is 12.2. The van der Waals surface area contributed by atoms with E-state index in [2.05, 4.69) is 17.6 Å². The van der Waals surface area contributed by atoms with Crippen molar-refractivity contribution in [1.29, 1.82) is 0 Å². The molecule has 9 nitrogen and oxygen atoms in total. The second-order valence-corrected chi connectivity index (χ2v) is 9.23. The zero-order valence-corrected chi connectivity index (χ0v) is 19.9. The highest BCUT2D eigenvalue weighted by Gasteiger charge is 2.27. The van der Waals surface area contributed by atoms with Gasteiger partial charge in [0.15, 0.2) is 5.96 Å². The third-order valence-electron chi connectivity index (χ3n) is 5.48. The molecule has 0 atom stereocenters. The van der Waals surface area contributed by atoms with Gasteiger partial charge < -0.3 is 29.9 Å². The number of hydrogen-bond acceptors (Lipinski definition) is 5. The largest absolute Gasteiger partial charge is 0.450 e. The molecule has 2 aliphatic rings. The SMILES string of the molecule is CCNC(=NCC1CCN(C(=O)OC(C)(C)C)CC1)NC1CCN(C(=O)OCC)CC1. The molecule has 0 aromatic carbocycles. The van der Waals surface area contributed by atoms with E-state index in [0.717, 1.165) is 44.7 Å². The van der Waals surface area contributed by atoms with E-state index in [1.807, 2.05) is 27.7 Å². The lowest BCUT2D eigenvalue weighted by molar-refractivity contribution is 0.0186. The van der Waals surface area contributed by atoms with E-state index in [9.17, 15) is 9.59 Å². The minimum atomic E-state index is -0.461. The smallest absolute Gasteiger partial charge is 0.410 e. The van der Waals surface area contributed by atoms with Gasteiger partial charge in [0.05, 0.1) is 6.61 Å². The van der Waals surface area contributed by atoms with Crippen LogP contribution in [-0.4, -0.2) is 85.5 Å². The zero-order valence-electron chi connectivity index (χ0n) is 19.9. The predicted molar refractivity (Wildman–Crippen MR) is 121 cm³/mol. The average Bonchev–Trinajstić information content (AvgIpc) is 2.72. The van der Waals surface area contributed by atoms with E-state index >= 15 is 0 Å². The Morgan fingerprint density at radius 2 is 1.55 bits per heavy atom. The summed E-state index contributed by atoms with van der Waals surface area (Å²) in [5.74, 6) is 1.28. The molecule has 0 bridgehead atoms. The lowest BCUT2D eigenvalue weighted by atomic mass is 9.97. The lowest BCUT2D eigenvalue weighted by Gasteiger charge is -2.33. The Kier molecular flexibility index (Phi) is 9.71. The number of aliphatic imine (C=N–C) groups is 1. The molecule has 2 rings (SSSR count). The molecule has 9 heteroatoms. The summed E-state index contributed by atoms with van der Waals surface area (Å²) in [5.41, 5.74) is -0.461. The van der Waals surface area contributed by atoms with Crippen LogP contribution in [-0.2, 0) is 9.47 Å². The molecule has 31 heavy (non-hydrogen) atoms. The summed E-state index contributed by atoms with van der Waals surface area (Å²) in [7, 11) is 0. The van der Waals surface area contributed by atoms with E-state index in [1.165, 1.54) is 0 Å². The molecular weight excluding hydrogens is 398 g/mol. The Hall–Kier alpha value is -2.19. The number of nitrogens with one attached hydrogen (secondary N) is 2. The van der Waals surface area contributed by atoms with Crippen LogP contribution in [0, 0.1) is 5.92 Å². The van der Waals surface area contributed by atoms with Gasteiger partial charge in [0, 0.05) is 45.3 Å². The van der Waals surface area contributed by atoms with Gasteiger partial charge in [-0.2, -0.15) is 0 Å². The van der Waals surface area contributed by atoms with Crippen molar-refractivity contribution in [3.05, 3.63) is 0 Å². The quantitative estimate of drug-likeness (QED) is 0.505. The average molecular weight is 440 g/mol. The maximum absolute atomic E-state index is 12.2. The number of amides is 2. The van der Waals surface area contributed by atoms with Crippen molar-refractivity contribution >= 4 is 18.1 Å². The van der Waals surface area contributed by atoms with Crippen LogP contribution >= 0.6 is 0 Å².